The van der Waals surface area contributed by atoms with Crippen molar-refractivity contribution in [2.24, 2.45) is 5.73 Å². The largest absolute Gasteiger partial charge is 0.348 e. The SMILES string of the molecule is NCc1ccc(Cn2ccc3nc(-c4ccccc4F)nc-3c2)cc1. The van der Waals surface area contributed by atoms with Crippen molar-refractivity contribution in [2.75, 3.05) is 0 Å². The predicted octanol–water partition coefficient (Wildman–Crippen LogP) is 3.70. The molecule has 2 aliphatic heterocycles. The Hall–Kier alpha value is -3.05. The molecule has 4 rings (SSSR count). The van der Waals surface area contributed by atoms with E-state index in [2.05, 4.69) is 22.1 Å². The third-order valence-corrected chi connectivity index (χ3v) is 4.17. The summed E-state index contributed by atoms with van der Waals surface area (Å²) in [5.74, 6) is 0.101. The van der Waals surface area contributed by atoms with Crippen LogP contribution in [0.5, 0.6) is 0 Å². The average Bonchev–Trinajstić information content (AvgIpc) is 3.06. The van der Waals surface area contributed by atoms with Crippen LogP contribution in [-0.2, 0) is 13.1 Å². The molecule has 0 aromatic heterocycles. The van der Waals surface area contributed by atoms with Gasteiger partial charge in [-0.2, -0.15) is 0 Å². The van der Waals surface area contributed by atoms with Crippen molar-refractivity contribution < 1.29 is 4.39 Å². The lowest BCUT2D eigenvalue weighted by Gasteiger charge is -2.08. The summed E-state index contributed by atoms with van der Waals surface area (Å²) < 4.78 is 16.0. The summed E-state index contributed by atoms with van der Waals surface area (Å²) in [7, 11) is 0. The van der Waals surface area contributed by atoms with Crippen molar-refractivity contribution in [3.8, 4) is 22.8 Å². The zero-order valence-electron chi connectivity index (χ0n) is 13.6. The molecule has 4 nitrogen and oxygen atoms in total. The van der Waals surface area contributed by atoms with Crippen LogP contribution in [0.4, 0.5) is 4.39 Å². The van der Waals surface area contributed by atoms with Crippen molar-refractivity contribution >= 4 is 0 Å². The Kier molecular flexibility index (Phi) is 3.99. The maximum absolute atomic E-state index is 13.9. The second kappa shape index (κ2) is 6.45. The third-order valence-electron chi connectivity index (χ3n) is 4.17. The molecular weight excluding hydrogens is 315 g/mol. The molecule has 0 atom stereocenters. The van der Waals surface area contributed by atoms with Gasteiger partial charge in [0.25, 0.3) is 0 Å². The lowest BCUT2D eigenvalue weighted by Crippen LogP contribution is -2.02. The van der Waals surface area contributed by atoms with Gasteiger partial charge in [0.1, 0.15) is 11.5 Å². The molecule has 0 bridgehead atoms. The molecule has 0 saturated carbocycles. The van der Waals surface area contributed by atoms with Crippen molar-refractivity contribution in [3.63, 3.8) is 0 Å². The van der Waals surface area contributed by atoms with Crippen LogP contribution < -0.4 is 5.73 Å². The Morgan fingerprint density at radius 1 is 0.880 bits per heavy atom. The minimum atomic E-state index is -0.314. The number of aromatic nitrogens is 3. The molecule has 2 N–H and O–H groups in total. The number of benzene rings is 2. The van der Waals surface area contributed by atoms with Gasteiger partial charge in [-0.25, -0.2) is 14.4 Å². The van der Waals surface area contributed by atoms with E-state index in [1.807, 2.05) is 35.2 Å². The highest BCUT2D eigenvalue weighted by Gasteiger charge is 2.15. The number of nitrogens with two attached hydrogens (primary N) is 1. The van der Waals surface area contributed by atoms with Crippen molar-refractivity contribution in [1.82, 2.24) is 14.5 Å². The quantitative estimate of drug-likeness (QED) is 0.620. The summed E-state index contributed by atoms with van der Waals surface area (Å²) in [5, 5.41) is 0. The fourth-order valence-corrected chi connectivity index (χ4v) is 2.80. The molecule has 2 aromatic rings. The van der Waals surface area contributed by atoms with Gasteiger partial charge in [0.05, 0.1) is 11.3 Å². The Labute approximate surface area is 145 Å². The number of imidazole rings is 1. The Balaban J connectivity index is 1.64. The number of pyridine rings is 1. The molecule has 124 valence electrons. The molecule has 25 heavy (non-hydrogen) atoms. The van der Waals surface area contributed by atoms with Crippen LogP contribution in [0.25, 0.3) is 22.8 Å². The van der Waals surface area contributed by atoms with Crippen molar-refractivity contribution in [2.45, 2.75) is 13.1 Å². The van der Waals surface area contributed by atoms with E-state index >= 15 is 0 Å². The maximum Gasteiger partial charge on any atom is 0.163 e. The Morgan fingerprint density at radius 2 is 1.60 bits per heavy atom. The number of hydrogen-bond acceptors (Lipinski definition) is 3. The van der Waals surface area contributed by atoms with Crippen molar-refractivity contribution in [3.05, 3.63) is 83.9 Å². The number of fused-ring (bicyclic) bond motifs is 1. The molecule has 0 aliphatic carbocycles. The summed E-state index contributed by atoms with van der Waals surface area (Å²) in [6.45, 7) is 1.27. The van der Waals surface area contributed by atoms with Gasteiger partial charge < -0.3 is 10.3 Å². The number of nitrogens with zero attached hydrogens (tertiary/aromatic N) is 3. The van der Waals surface area contributed by atoms with Gasteiger partial charge in [0, 0.05) is 25.5 Å². The summed E-state index contributed by atoms with van der Waals surface area (Å²) in [6, 6.07) is 16.7. The Morgan fingerprint density at radius 3 is 2.36 bits per heavy atom. The third kappa shape index (κ3) is 3.14. The van der Waals surface area contributed by atoms with E-state index in [0.29, 0.717) is 17.9 Å². The fraction of sp³-hybridized carbons (Fsp3) is 0.100. The van der Waals surface area contributed by atoms with E-state index in [1.54, 1.807) is 18.2 Å². The summed E-state index contributed by atoms with van der Waals surface area (Å²) >= 11 is 0. The summed E-state index contributed by atoms with van der Waals surface area (Å²) in [4.78, 5) is 8.92. The number of hydrogen-bond donors (Lipinski definition) is 1. The molecule has 2 aromatic carbocycles. The number of rotatable bonds is 4. The van der Waals surface area contributed by atoms with Gasteiger partial charge in [-0.05, 0) is 29.3 Å². The highest BCUT2D eigenvalue weighted by molar-refractivity contribution is 5.65. The monoisotopic (exact) mass is 332 g/mol. The summed E-state index contributed by atoms with van der Waals surface area (Å²) in [5.41, 5.74) is 9.84. The lowest BCUT2D eigenvalue weighted by molar-refractivity contribution is 0.630. The van der Waals surface area contributed by atoms with E-state index < -0.39 is 0 Å². The first-order valence-electron chi connectivity index (χ1n) is 8.09. The first-order chi connectivity index (χ1) is 12.2. The second-order valence-electron chi connectivity index (χ2n) is 5.94. The van der Waals surface area contributed by atoms with Crippen LogP contribution in [0.3, 0.4) is 0 Å². The van der Waals surface area contributed by atoms with Crippen LogP contribution in [0.15, 0.2) is 67.0 Å². The molecule has 2 heterocycles. The molecule has 0 unspecified atom stereocenters. The smallest absolute Gasteiger partial charge is 0.163 e. The lowest BCUT2D eigenvalue weighted by atomic mass is 10.1. The van der Waals surface area contributed by atoms with Gasteiger partial charge in [0.2, 0.25) is 0 Å². The molecule has 0 radical (unpaired) electrons. The van der Waals surface area contributed by atoms with Gasteiger partial charge in [-0.15, -0.1) is 0 Å². The van der Waals surface area contributed by atoms with E-state index in [4.69, 9.17) is 5.73 Å². The van der Waals surface area contributed by atoms with E-state index in [0.717, 1.165) is 23.5 Å². The van der Waals surface area contributed by atoms with Gasteiger partial charge in [-0.3, -0.25) is 0 Å². The predicted molar refractivity (Wildman–Crippen MR) is 95.5 cm³/mol. The maximum atomic E-state index is 13.9. The molecule has 0 amide bonds. The van der Waals surface area contributed by atoms with Crippen LogP contribution >= 0.6 is 0 Å². The van der Waals surface area contributed by atoms with Crippen LogP contribution in [0, 0.1) is 5.82 Å². The van der Waals surface area contributed by atoms with Gasteiger partial charge >= 0.3 is 0 Å². The highest BCUT2D eigenvalue weighted by Crippen LogP contribution is 2.26. The average molecular weight is 332 g/mol. The minimum Gasteiger partial charge on any atom is -0.348 e. The highest BCUT2D eigenvalue weighted by atomic mass is 19.1. The van der Waals surface area contributed by atoms with Gasteiger partial charge in [0.15, 0.2) is 5.82 Å². The van der Waals surface area contributed by atoms with Gasteiger partial charge in [-0.1, -0.05) is 36.4 Å². The zero-order valence-corrected chi connectivity index (χ0v) is 13.6. The van der Waals surface area contributed by atoms with Crippen molar-refractivity contribution in [1.29, 1.82) is 0 Å². The van der Waals surface area contributed by atoms with E-state index in [9.17, 15) is 4.39 Å². The first kappa shape index (κ1) is 15.5. The van der Waals surface area contributed by atoms with Crippen LogP contribution in [0.2, 0.25) is 0 Å². The van der Waals surface area contributed by atoms with Crippen LogP contribution in [-0.4, -0.2) is 14.5 Å². The molecule has 0 spiro atoms. The molecule has 5 heteroatoms. The normalized spacial score (nSPS) is 11.1. The van der Waals surface area contributed by atoms with E-state index in [1.165, 1.54) is 11.6 Å². The zero-order chi connectivity index (χ0) is 17.2. The standard InChI is InChI=1S/C20H17FN4/c21-17-4-2-1-3-16(17)20-23-18-9-10-25(13-19(18)24-20)12-15-7-5-14(11-22)6-8-15/h1-10,13H,11-12,22H2. The Bertz CT molecular complexity index is 975. The molecule has 0 fully saturated rings. The first-order valence-corrected chi connectivity index (χ1v) is 8.09. The van der Waals surface area contributed by atoms with E-state index in [-0.39, 0.29) is 5.82 Å². The molecule has 2 aliphatic rings. The summed E-state index contributed by atoms with van der Waals surface area (Å²) in [6.07, 6.45) is 3.89. The van der Waals surface area contributed by atoms with Crippen LogP contribution in [0.1, 0.15) is 11.1 Å². The fourth-order valence-electron chi connectivity index (χ4n) is 2.80. The number of halogens is 1. The molecular formula is C20H17FN4. The molecule has 0 saturated heterocycles. The minimum absolute atomic E-state index is 0.314. The second-order valence-corrected chi connectivity index (χ2v) is 5.94. The topological polar surface area (TPSA) is 56.7 Å².